The van der Waals surface area contributed by atoms with E-state index in [2.05, 4.69) is 203 Å². The highest BCUT2D eigenvalue weighted by molar-refractivity contribution is 6.20. The molecule has 0 saturated carbocycles. The van der Waals surface area contributed by atoms with E-state index in [4.69, 9.17) is 4.98 Å². The summed E-state index contributed by atoms with van der Waals surface area (Å²) in [7, 11) is 0. The topological polar surface area (TPSA) is 33.1 Å². The maximum atomic E-state index is 5.39. The number of nitrogens with zero attached hydrogens (tertiary/aromatic N) is 3. The van der Waals surface area contributed by atoms with Gasteiger partial charge in [0.05, 0.1) is 39.5 Å². The van der Waals surface area contributed by atoms with Gasteiger partial charge in [0, 0.05) is 34.0 Å². The molecule has 1 aliphatic rings. The monoisotopic (exact) mass is 690 g/mol. The van der Waals surface area contributed by atoms with Crippen LogP contribution in [0, 0.1) is 0 Å². The molecule has 0 aliphatic carbocycles. The molecule has 254 valence electrons. The fraction of sp³-hybridized carbons (Fsp3) is 0.0200. The summed E-state index contributed by atoms with van der Waals surface area (Å²) in [6.07, 6.45) is 0. The molecule has 0 amide bonds. The van der Waals surface area contributed by atoms with Crippen LogP contribution in [0.3, 0.4) is 0 Å². The summed E-state index contributed by atoms with van der Waals surface area (Å²) >= 11 is 0. The molecule has 10 aromatic rings. The van der Waals surface area contributed by atoms with Crippen LogP contribution in [-0.4, -0.2) is 9.55 Å². The Kier molecular flexibility index (Phi) is 6.97. The molecule has 0 bridgehead atoms. The molecule has 0 atom stereocenters. The number of anilines is 2. The van der Waals surface area contributed by atoms with Gasteiger partial charge in [0.15, 0.2) is 0 Å². The van der Waals surface area contributed by atoms with Gasteiger partial charge in [0.25, 0.3) is 0 Å². The van der Waals surface area contributed by atoms with E-state index in [-0.39, 0.29) is 0 Å². The Balaban J connectivity index is 1.21. The molecule has 4 heteroatoms. The first-order valence-electron chi connectivity index (χ1n) is 18.5. The number of hydrogen-bond acceptors (Lipinski definition) is 3. The summed E-state index contributed by atoms with van der Waals surface area (Å²) in [6.45, 7) is 0.735. The Morgan fingerprint density at radius 2 is 1.13 bits per heavy atom. The average Bonchev–Trinajstić information content (AvgIpc) is 3.83. The van der Waals surface area contributed by atoms with Crippen molar-refractivity contribution < 1.29 is 0 Å². The molecule has 0 fully saturated rings. The Morgan fingerprint density at radius 3 is 1.96 bits per heavy atom. The SMILES string of the molecule is c1ccc(-c2cc(-c3ccccc3)nc(-c3ccccc3-n3c4cc5c(ccc6ccccc65)cc4c4c5c(ccc43)N(c3ccccc3)NC5)c2)cc1. The molecule has 1 N–H and O–H groups in total. The van der Waals surface area contributed by atoms with Gasteiger partial charge in [-0.1, -0.05) is 133 Å². The lowest BCUT2D eigenvalue weighted by atomic mass is 9.98. The molecule has 0 spiro atoms. The number of nitrogens with one attached hydrogen (secondary N) is 1. The van der Waals surface area contributed by atoms with Crippen LogP contribution in [0.5, 0.6) is 0 Å². The van der Waals surface area contributed by atoms with Crippen LogP contribution in [0.4, 0.5) is 11.4 Å². The molecule has 4 nitrogen and oxygen atoms in total. The molecule has 54 heavy (non-hydrogen) atoms. The average molecular weight is 691 g/mol. The number of benzene rings is 8. The van der Waals surface area contributed by atoms with Crippen LogP contribution in [-0.2, 0) is 6.54 Å². The van der Waals surface area contributed by atoms with Crippen LogP contribution in [0.2, 0.25) is 0 Å². The third-order valence-corrected chi connectivity index (χ3v) is 11.0. The number of para-hydroxylation sites is 2. The molecule has 0 unspecified atom stereocenters. The van der Waals surface area contributed by atoms with Gasteiger partial charge in [-0.25, -0.2) is 10.4 Å². The highest BCUT2D eigenvalue weighted by Crippen LogP contribution is 2.45. The minimum absolute atomic E-state index is 0.735. The molecule has 3 heterocycles. The zero-order valence-electron chi connectivity index (χ0n) is 29.4. The molecule has 11 rings (SSSR count). The third kappa shape index (κ3) is 4.85. The Bertz CT molecular complexity index is 2980. The van der Waals surface area contributed by atoms with Crippen molar-refractivity contribution in [3.63, 3.8) is 0 Å². The number of aromatic nitrogens is 2. The van der Waals surface area contributed by atoms with Crippen LogP contribution in [0.25, 0.3) is 82.7 Å². The largest absolute Gasteiger partial charge is 0.309 e. The lowest BCUT2D eigenvalue weighted by Crippen LogP contribution is -2.26. The van der Waals surface area contributed by atoms with Crippen LogP contribution < -0.4 is 10.4 Å². The zero-order valence-corrected chi connectivity index (χ0v) is 29.4. The van der Waals surface area contributed by atoms with E-state index in [1.165, 1.54) is 54.6 Å². The highest BCUT2D eigenvalue weighted by Gasteiger charge is 2.27. The maximum Gasteiger partial charge on any atom is 0.0736 e. The van der Waals surface area contributed by atoms with Gasteiger partial charge in [-0.2, -0.15) is 0 Å². The van der Waals surface area contributed by atoms with Crippen LogP contribution in [0.1, 0.15) is 5.56 Å². The molecular formula is C50H34N4. The summed E-state index contributed by atoms with van der Waals surface area (Å²) in [5.41, 5.74) is 17.1. The Hall–Kier alpha value is -7.01. The van der Waals surface area contributed by atoms with Crippen molar-refractivity contribution in [2.75, 3.05) is 5.01 Å². The van der Waals surface area contributed by atoms with Gasteiger partial charge in [-0.05, 0) is 87.3 Å². The van der Waals surface area contributed by atoms with Gasteiger partial charge in [0.2, 0.25) is 0 Å². The van der Waals surface area contributed by atoms with Crippen molar-refractivity contribution in [1.82, 2.24) is 15.0 Å². The predicted molar refractivity (Wildman–Crippen MR) is 225 cm³/mol. The minimum atomic E-state index is 0.735. The van der Waals surface area contributed by atoms with E-state index in [0.717, 1.165) is 51.6 Å². The number of hydrazine groups is 1. The van der Waals surface area contributed by atoms with Gasteiger partial charge < -0.3 is 4.57 Å². The summed E-state index contributed by atoms with van der Waals surface area (Å²) < 4.78 is 2.48. The summed E-state index contributed by atoms with van der Waals surface area (Å²) in [5, 5.41) is 9.73. The molecule has 1 aliphatic heterocycles. The van der Waals surface area contributed by atoms with Crippen molar-refractivity contribution in [2.24, 2.45) is 0 Å². The van der Waals surface area contributed by atoms with E-state index in [1.54, 1.807) is 0 Å². The Morgan fingerprint density at radius 1 is 0.444 bits per heavy atom. The molecular weight excluding hydrogens is 657 g/mol. The first-order valence-corrected chi connectivity index (χ1v) is 18.5. The van der Waals surface area contributed by atoms with Crippen molar-refractivity contribution in [2.45, 2.75) is 6.54 Å². The first-order chi connectivity index (χ1) is 26.8. The second-order valence-electron chi connectivity index (χ2n) is 14.1. The van der Waals surface area contributed by atoms with Crippen molar-refractivity contribution >= 4 is 54.7 Å². The Labute approximate surface area is 313 Å². The second-order valence-corrected chi connectivity index (χ2v) is 14.1. The summed E-state index contributed by atoms with van der Waals surface area (Å²) in [6, 6.07) is 67.5. The standard InChI is InChI=1S/C50H34N4/c1-4-14-33(15-5-1)37-29-44(35-17-6-2-7-18-35)52-45(30-37)40-22-12-13-23-46(40)53-48-27-26-47-43(32-51-54(47)38-19-8-3-9-20-38)50(48)42-28-36-25-24-34-16-10-11-21-39(34)41(36)31-49(42)53/h1-31,51H,32H2. The predicted octanol–water partition coefficient (Wildman–Crippen LogP) is 12.6. The molecule has 0 radical (unpaired) electrons. The van der Waals surface area contributed by atoms with Crippen molar-refractivity contribution in [3.05, 3.63) is 194 Å². The molecule has 0 saturated heterocycles. The molecule has 8 aromatic carbocycles. The molecule has 2 aromatic heterocycles. The number of pyridine rings is 1. The van der Waals surface area contributed by atoms with E-state index >= 15 is 0 Å². The van der Waals surface area contributed by atoms with E-state index in [1.807, 2.05) is 0 Å². The van der Waals surface area contributed by atoms with Gasteiger partial charge >= 0.3 is 0 Å². The normalized spacial score (nSPS) is 12.6. The van der Waals surface area contributed by atoms with E-state index in [9.17, 15) is 0 Å². The van der Waals surface area contributed by atoms with Crippen LogP contribution >= 0.6 is 0 Å². The smallest absolute Gasteiger partial charge is 0.0736 e. The fourth-order valence-corrected chi connectivity index (χ4v) is 8.48. The minimum Gasteiger partial charge on any atom is -0.309 e. The van der Waals surface area contributed by atoms with Crippen molar-refractivity contribution in [1.29, 1.82) is 0 Å². The first kappa shape index (κ1) is 30.6. The lowest BCUT2D eigenvalue weighted by Gasteiger charge is -2.19. The lowest BCUT2D eigenvalue weighted by molar-refractivity contribution is 0.767. The fourth-order valence-electron chi connectivity index (χ4n) is 8.48. The van der Waals surface area contributed by atoms with Gasteiger partial charge in [0.1, 0.15) is 0 Å². The number of fused-ring (bicyclic) bond motifs is 8. The quantitative estimate of drug-likeness (QED) is 0.183. The van der Waals surface area contributed by atoms with E-state index < -0.39 is 0 Å². The number of hydrogen-bond donors (Lipinski definition) is 1. The van der Waals surface area contributed by atoms with Crippen LogP contribution in [0.15, 0.2) is 188 Å². The van der Waals surface area contributed by atoms with E-state index in [0.29, 0.717) is 0 Å². The third-order valence-electron chi connectivity index (χ3n) is 11.0. The number of rotatable bonds is 5. The maximum absolute atomic E-state index is 5.39. The van der Waals surface area contributed by atoms with Crippen molar-refractivity contribution in [3.8, 4) is 39.3 Å². The summed E-state index contributed by atoms with van der Waals surface area (Å²) in [5.74, 6) is 0. The summed E-state index contributed by atoms with van der Waals surface area (Å²) in [4.78, 5) is 5.39. The second kappa shape index (κ2) is 12.3. The highest BCUT2D eigenvalue weighted by atomic mass is 15.5. The zero-order chi connectivity index (χ0) is 35.6. The van der Waals surface area contributed by atoms with Gasteiger partial charge in [-0.15, -0.1) is 0 Å². The van der Waals surface area contributed by atoms with Gasteiger partial charge in [-0.3, -0.25) is 5.01 Å².